The number of hydrogen-bond acceptors (Lipinski definition) is 3. The van der Waals surface area contributed by atoms with Crippen LogP contribution < -0.4 is 0 Å². The average Bonchev–Trinajstić information content (AvgIpc) is 3.85. The van der Waals surface area contributed by atoms with Crippen LogP contribution in [-0.2, 0) is 0 Å². The normalized spacial score (nSPS) is 12.3. The number of fused-ring (bicyclic) bond motifs is 16. The zero-order valence-electron chi connectivity index (χ0n) is 27.2. The van der Waals surface area contributed by atoms with Gasteiger partial charge in [-0.05, 0) is 47.2 Å². The summed E-state index contributed by atoms with van der Waals surface area (Å²) in [5, 5.41) is 11.6. The van der Waals surface area contributed by atoms with Crippen LogP contribution in [0.4, 0.5) is 0 Å². The first-order chi connectivity index (χ1) is 25.3. The molecule has 0 amide bonds. The molecule has 0 fully saturated rings. The highest BCUT2D eigenvalue weighted by atomic mass is 16.3. The smallest absolute Gasteiger partial charge is 0.159 e. The molecule has 51 heavy (non-hydrogen) atoms. The molecule has 0 unspecified atom stereocenters. The Balaban J connectivity index is 1.20. The molecule has 0 saturated heterocycles. The first-order valence-corrected chi connectivity index (χ1v) is 17.3. The molecule has 236 valence electrons. The van der Waals surface area contributed by atoms with Crippen molar-refractivity contribution < 1.29 is 4.42 Å². The van der Waals surface area contributed by atoms with Crippen LogP contribution in [0.3, 0.4) is 0 Å². The van der Waals surface area contributed by atoms with Crippen molar-refractivity contribution in [3.63, 3.8) is 0 Å². The molecule has 0 bridgehead atoms. The van der Waals surface area contributed by atoms with E-state index in [0.717, 1.165) is 77.3 Å². The van der Waals surface area contributed by atoms with Gasteiger partial charge in [0, 0.05) is 43.1 Å². The second-order valence-electron chi connectivity index (χ2n) is 13.3. The van der Waals surface area contributed by atoms with E-state index >= 15 is 0 Å². The summed E-state index contributed by atoms with van der Waals surface area (Å²) in [6.45, 7) is 0. The highest BCUT2D eigenvalue weighted by Crippen LogP contribution is 2.44. The molecule has 4 aromatic heterocycles. The maximum absolute atomic E-state index is 6.58. The minimum atomic E-state index is 0.796. The lowest BCUT2D eigenvalue weighted by Crippen LogP contribution is -2.00. The fourth-order valence-electron chi connectivity index (χ4n) is 8.65. The molecule has 5 heteroatoms. The maximum Gasteiger partial charge on any atom is 0.159 e. The Labute approximate surface area is 290 Å². The van der Waals surface area contributed by atoms with Gasteiger partial charge in [-0.25, -0.2) is 4.98 Å². The van der Waals surface area contributed by atoms with Crippen LogP contribution in [0, 0.1) is 0 Å². The highest BCUT2D eigenvalue weighted by molar-refractivity contribution is 6.29. The van der Waals surface area contributed by atoms with E-state index in [-0.39, 0.29) is 0 Å². The molecular formula is C46H26N4O. The van der Waals surface area contributed by atoms with Crippen molar-refractivity contribution in [2.45, 2.75) is 0 Å². The topological polar surface area (TPSA) is 48.8 Å². The average molecular weight is 651 g/mol. The van der Waals surface area contributed by atoms with Crippen molar-refractivity contribution in [2.75, 3.05) is 0 Å². The Morgan fingerprint density at radius 3 is 1.63 bits per heavy atom. The number of nitrogens with zero attached hydrogens (tertiary/aromatic N) is 4. The summed E-state index contributed by atoms with van der Waals surface area (Å²) in [6.07, 6.45) is 1.94. The number of hydrogen-bond donors (Lipinski definition) is 0. The molecule has 12 aromatic rings. The van der Waals surface area contributed by atoms with Crippen LogP contribution in [0.1, 0.15) is 0 Å². The number of para-hydroxylation sites is 4. The summed E-state index contributed by atoms with van der Waals surface area (Å²) in [4.78, 5) is 10.6. The predicted octanol–water partition coefficient (Wildman–Crippen LogP) is 12.0. The van der Waals surface area contributed by atoms with Gasteiger partial charge in [-0.2, -0.15) is 0 Å². The molecule has 0 radical (unpaired) electrons. The van der Waals surface area contributed by atoms with Gasteiger partial charge in [0.2, 0.25) is 0 Å². The first kappa shape index (κ1) is 26.9. The van der Waals surface area contributed by atoms with E-state index in [1.165, 1.54) is 32.3 Å². The third-order valence-electron chi connectivity index (χ3n) is 10.7. The minimum Gasteiger partial charge on any atom is -0.454 e. The minimum absolute atomic E-state index is 0.796. The van der Waals surface area contributed by atoms with E-state index in [1.54, 1.807) is 0 Å². The number of furan rings is 1. The van der Waals surface area contributed by atoms with Crippen molar-refractivity contribution in [1.82, 2.24) is 19.1 Å². The SMILES string of the molecule is c1ccc2c(c1)oc1c(-n3c4ccccc4c4c5c6ccccc6n(-c6cnc7c8ccccc8c8ccccc8c7n6)c5ccc43)cccc12. The van der Waals surface area contributed by atoms with Crippen molar-refractivity contribution in [3.8, 4) is 11.5 Å². The Kier molecular flexibility index (Phi) is 5.17. The molecule has 4 heterocycles. The van der Waals surface area contributed by atoms with Gasteiger partial charge in [-0.3, -0.25) is 9.55 Å². The summed E-state index contributed by atoms with van der Waals surface area (Å²) in [6, 6.07) is 53.7. The highest BCUT2D eigenvalue weighted by Gasteiger charge is 2.23. The van der Waals surface area contributed by atoms with Gasteiger partial charge in [0.25, 0.3) is 0 Å². The van der Waals surface area contributed by atoms with E-state index in [9.17, 15) is 0 Å². The van der Waals surface area contributed by atoms with Crippen LogP contribution in [0.2, 0.25) is 0 Å². The van der Waals surface area contributed by atoms with Gasteiger partial charge in [0.05, 0.1) is 45.0 Å². The molecule has 0 N–H and O–H groups in total. The van der Waals surface area contributed by atoms with Gasteiger partial charge in [-0.15, -0.1) is 0 Å². The summed E-state index contributed by atoms with van der Waals surface area (Å²) in [5.74, 6) is 0.796. The van der Waals surface area contributed by atoms with Crippen molar-refractivity contribution in [2.24, 2.45) is 0 Å². The molecule has 0 spiro atoms. The van der Waals surface area contributed by atoms with Crippen molar-refractivity contribution in [3.05, 3.63) is 158 Å². The molecule has 8 aromatic carbocycles. The van der Waals surface area contributed by atoms with E-state index in [1.807, 2.05) is 18.3 Å². The largest absolute Gasteiger partial charge is 0.454 e. The van der Waals surface area contributed by atoms with Gasteiger partial charge in [0.15, 0.2) is 11.4 Å². The summed E-state index contributed by atoms with van der Waals surface area (Å²) < 4.78 is 11.2. The third-order valence-corrected chi connectivity index (χ3v) is 10.7. The third kappa shape index (κ3) is 3.49. The van der Waals surface area contributed by atoms with Crippen LogP contribution >= 0.6 is 0 Å². The monoisotopic (exact) mass is 650 g/mol. The molecule has 0 aliphatic carbocycles. The molecule has 0 saturated carbocycles. The Hall–Kier alpha value is -6.98. The molecule has 12 rings (SSSR count). The van der Waals surface area contributed by atoms with Gasteiger partial charge in [0.1, 0.15) is 5.58 Å². The van der Waals surface area contributed by atoms with Gasteiger partial charge < -0.3 is 8.98 Å². The second kappa shape index (κ2) is 9.80. The lowest BCUT2D eigenvalue weighted by atomic mass is 10.00. The van der Waals surface area contributed by atoms with E-state index < -0.39 is 0 Å². The van der Waals surface area contributed by atoms with E-state index in [4.69, 9.17) is 14.4 Å². The van der Waals surface area contributed by atoms with Crippen LogP contribution in [0.15, 0.2) is 162 Å². The quantitative estimate of drug-likeness (QED) is 0.175. The second-order valence-corrected chi connectivity index (χ2v) is 13.3. The molecular weight excluding hydrogens is 625 g/mol. The number of aromatic nitrogens is 4. The molecule has 0 atom stereocenters. The zero-order chi connectivity index (χ0) is 33.2. The summed E-state index contributed by atoms with van der Waals surface area (Å²) in [7, 11) is 0. The Bertz CT molecular complexity index is 3400. The fourth-order valence-corrected chi connectivity index (χ4v) is 8.65. The van der Waals surface area contributed by atoms with Gasteiger partial charge in [-0.1, -0.05) is 115 Å². The van der Waals surface area contributed by atoms with Gasteiger partial charge >= 0.3 is 0 Å². The number of benzene rings is 8. The van der Waals surface area contributed by atoms with E-state index in [2.05, 4.69) is 149 Å². The molecule has 0 aliphatic heterocycles. The lowest BCUT2D eigenvalue weighted by molar-refractivity contribution is 0.666. The van der Waals surface area contributed by atoms with Crippen LogP contribution in [0.5, 0.6) is 0 Å². The zero-order valence-corrected chi connectivity index (χ0v) is 27.2. The number of rotatable bonds is 2. The van der Waals surface area contributed by atoms with Crippen molar-refractivity contribution >= 4 is 98.1 Å². The summed E-state index contributed by atoms with van der Waals surface area (Å²) in [5.41, 5.74) is 9.07. The Morgan fingerprint density at radius 1 is 0.392 bits per heavy atom. The maximum atomic E-state index is 6.58. The fraction of sp³-hybridized carbons (Fsp3) is 0. The standard InChI is InChI=1S/C46H26N4O/c1-3-15-30-27(12-1)28-13-2-4-16-31(28)45-44(30)47-26-41(48-45)50-36-21-9-6-18-34(36)43-38(50)25-24-37-42(43)33-17-5-8-20-35(33)49(37)39-22-11-19-32-29-14-7-10-23-40(29)51-46(32)39/h1-26H. The molecule has 5 nitrogen and oxygen atoms in total. The lowest BCUT2D eigenvalue weighted by Gasteiger charge is -2.12. The van der Waals surface area contributed by atoms with Crippen LogP contribution in [-0.4, -0.2) is 19.1 Å². The Morgan fingerprint density at radius 2 is 0.922 bits per heavy atom. The summed E-state index contributed by atoms with van der Waals surface area (Å²) >= 11 is 0. The molecule has 0 aliphatic rings. The predicted molar refractivity (Wildman–Crippen MR) is 211 cm³/mol. The first-order valence-electron chi connectivity index (χ1n) is 17.3. The van der Waals surface area contributed by atoms with Crippen LogP contribution in [0.25, 0.3) is 110 Å². The van der Waals surface area contributed by atoms with E-state index in [0.29, 0.717) is 0 Å². The van der Waals surface area contributed by atoms with Crippen molar-refractivity contribution in [1.29, 1.82) is 0 Å².